The number of benzene rings is 9. The smallest absolute Gasteiger partial charge is 0.267 e. The van der Waals surface area contributed by atoms with Gasteiger partial charge in [0.2, 0.25) is 0 Å². The van der Waals surface area contributed by atoms with E-state index in [0.29, 0.717) is 35.5 Å². The normalized spacial score (nSPS) is 28.3. The SMILES string of the molecule is CO[C@@H]1O[C@H](COCc2ccccc2)[C@@H](O[C@@H]2O[C@@H]3CO[C@](C(=O)SCCc4ccccc4I)(c4ccccc4)O[C@H]3[C@H](O[C@H]3O[C@@H]4CO[C@@](C(=O)SCCc5ccccc5I)(c5ccccc5)O[C@H]4[C@H](O)[C@@H]3OCc3ccccc3)[C@@H]2OCc2ccccc2)[C@H](OCc2ccccc2)[C@H]1OCc1ccccc1. The molecule has 0 aromatic heterocycles. The Morgan fingerprint density at radius 3 is 1.22 bits per heavy atom. The number of carbonyl (C=O) groups is 2. The number of hydrogen-bond acceptors (Lipinski definition) is 20. The van der Waals surface area contributed by atoms with Gasteiger partial charge in [0.25, 0.3) is 21.8 Å². The van der Waals surface area contributed by atoms with Crippen molar-refractivity contribution in [2.45, 2.75) is 150 Å². The van der Waals surface area contributed by atoms with Gasteiger partial charge in [0, 0.05) is 36.9 Å². The van der Waals surface area contributed by atoms with Crippen LogP contribution in [0.2, 0.25) is 0 Å². The molecule has 0 bridgehead atoms. The summed E-state index contributed by atoms with van der Waals surface area (Å²) in [7, 11) is 1.56. The Bertz CT molecular complexity index is 4270. The molecule has 9 aromatic carbocycles. The maximum absolute atomic E-state index is 15.7. The van der Waals surface area contributed by atoms with E-state index in [0.717, 1.165) is 69.6 Å². The first-order chi connectivity index (χ1) is 53.0. The van der Waals surface area contributed by atoms with Gasteiger partial charge in [-0.3, -0.25) is 9.59 Å². The van der Waals surface area contributed by atoms with Crippen molar-refractivity contribution >= 4 is 78.9 Å². The summed E-state index contributed by atoms with van der Waals surface area (Å²) < 4.78 is 109. The van der Waals surface area contributed by atoms with Crippen LogP contribution >= 0.6 is 68.7 Å². The standard InChI is InChI=1S/C86H86I2O18S2/c1-92-80-78(96-52-60-33-15-5-16-34-60)76(95-51-59-31-13-4-14-32-59)73(68(100-80)54-93-49-57-27-9-2-10-28-57)103-82-79(97-53-61-35-17-6-18-36-61)77(74-70(102-82)56-99-86(106-74,65-41-21-8-22-42-65)84(91)108-48-46-63-38-24-26-44-67(63)88)104-81-75(94-50-58-29-11-3-12-30-58)71(89)72-69(101-81)55-98-85(105-72,64-39-19-7-20-40-64)83(90)107-47-45-62-37-23-25-43-66(62)87/h2-44,68-82,89H,45-56H2,1H3/t68-,69-,70-,71+,72-,73-,74-,75+,76+,77+,78-,79+,80-,81-,82+,85+,86-/m1/s1. The number of methoxy groups -OCH3 is 1. The van der Waals surface area contributed by atoms with Crippen molar-refractivity contribution < 1.29 is 85.7 Å². The molecule has 22 heteroatoms. The number of halogens is 2. The number of carbonyl (C=O) groups excluding carboxylic acids is 2. The lowest BCUT2D eigenvalue weighted by molar-refractivity contribution is -0.431. The number of hydrogen-bond donors (Lipinski definition) is 1. The molecule has 108 heavy (non-hydrogen) atoms. The molecule has 1 N–H and O–H groups in total. The maximum atomic E-state index is 15.7. The van der Waals surface area contributed by atoms with Crippen LogP contribution in [0.3, 0.4) is 0 Å². The molecule has 0 unspecified atom stereocenters. The Morgan fingerprint density at radius 1 is 0.417 bits per heavy atom. The van der Waals surface area contributed by atoms with Gasteiger partial charge >= 0.3 is 0 Å². The third kappa shape index (κ3) is 19.1. The molecule has 5 fully saturated rings. The van der Waals surface area contributed by atoms with Crippen molar-refractivity contribution in [2.75, 3.05) is 38.4 Å². The highest BCUT2D eigenvalue weighted by Gasteiger charge is 2.63. The predicted molar refractivity (Wildman–Crippen MR) is 423 cm³/mol. The average molecular weight is 1730 g/mol. The van der Waals surface area contributed by atoms with E-state index >= 15 is 9.59 Å². The van der Waals surface area contributed by atoms with Crippen molar-refractivity contribution in [1.29, 1.82) is 0 Å². The quantitative estimate of drug-likeness (QED) is 0.0403. The number of aliphatic hydroxyl groups is 1. The van der Waals surface area contributed by atoms with E-state index in [1.807, 2.05) is 231 Å². The molecule has 5 aliphatic heterocycles. The summed E-state index contributed by atoms with van der Waals surface area (Å²) in [5, 5.41) is 12.6. The Morgan fingerprint density at radius 2 is 0.778 bits per heavy atom. The number of rotatable bonds is 31. The Kier molecular flexibility index (Phi) is 27.9. The van der Waals surface area contributed by atoms with E-state index in [-0.39, 0.29) is 52.9 Å². The van der Waals surface area contributed by atoms with E-state index in [1.165, 1.54) is 0 Å². The Balaban J connectivity index is 0.868. The minimum Gasteiger partial charge on any atom is -0.387 e. The average Bonchev–Trinajstić information content (AvgIpc) is 0.736. The molecule has 0 saturated carbocycles. The molecular weight excluding hydrogens is 1640 g/mol. The van der Waals surface area contributed by atoms with Crippen molar-refractivity contribution in [2.24, 2.45) is 0 Å². The fourth-order valence-corrected chi connectivity index (χ4v) is 17.2. The van der Waals surface area contributed by atoms with Crippen molar-refractivity contribution in [1.82, 2.24) is 0 Å². The summed E-state index contributed by atoms with van der Waals surface area (Å²) >= 11 is 6.82. The van der Waals surface area contributed by atoms with E-state index in [2.05, 4.69) is 51.2 Å². The largest absolute Gasteiger partial charge is 0.387 e. The molecule has 0 radical (unpaired) electrons. The van der Waals surface area contributed by atoms with Gasteiger partial charge < -0.3 is 76.2 Å². The summed E-state index contributed by atoms with van der Waals surface area (Å²) in [5.41, 5.74) is 7.33. The summed E-state index contributed by atoms with van der Waals surface area (Å²) in [5.74, 6) is -3.24. The summed E-state index contributed by atoms with van der Waals surface area (Å²) in [6.07, 6.45) is -17.1. The second kappa shape index (κ2) is 38.4. The van der Waals surface area contributed by atoms with Gasteiger partial charge in [-0.15, -0.1) is 0 Å². The molecule has 18 nitrogen and oxygen atoms in total. The highest BCUT2D eigenvalue weighted by Crippen LogP contribution is 2.48. The van der Waals surface area contributed by atoms with Crippen LogP contribution in [-0.4, -0.2) is 146 Å². The number of ether oxygens (including phenoxy) is 15. The lowest BCUT2D eigenvalue weighted by Gasteiger charge is -2.55. The third-order valence-electron chi connectivity index (χ3n) is 19.6. The predicted octanol–water partition coefficient (Wildman–Crippen LogP) is 14.2. The minimum absolute atomic E-state index is 0.0246. The number of fused-ring (bicyclic) bond motifs is 2. The van der Waals surface area contributed by atoms with Crippen LogP contribution < -0.4 is 0 Å². The minimum atomic E-state index is -2.07. The summed E-state index contributed by atoms with van der Waals surface area (Å²) in [6.45, 7) is -0.0615. The number of thioether (sulfide) groups is 2. The molecule has 9 aromatic rings. The maximum Gasteiger partial charge on any atom is 0.267 e. The zero-order valence-electron chi connectivity index (χ0n) is 59.4. The highest BCUT2D eigenvalue weighted by molar-refractivity contribution is 14.1. The monoisotopic (exact) mass is 1720 g/mol. The van der Waals surface area contributed by atoms with E-state index in [9.17, 15) is 5.11 Å². The second-order valence-electron chi connectivity index (χ2n) is 26.8. The molecular formula is C86H86I2O18S2. The molecule has 564 valence electrons. The van der Waals surface area contributed by atoms with Gasteiger partial charge in [0.1, 0.15) is 73.2 Å². The molecule has 17 atom stereocenters. The number of aliphatic hydroxyl groups excluding tert-OH is 1. The van der Waals surface area contributed by atoms with Gasteiger partial charge in [0.05, 0.1) is 52.9 Å². The molecule has 0 amide bonds. The van der Waals surface area contributed by atoms with Gasteiger partial charge in [-0.25, -0.2) is 0 Å². The molecule has 5 saturated heterocycles. The molecule has 5 aliphatic rings. The fraction of sp³-hybridized carbons (Fsp3) is 0.349. The van der Waals surface area contributed by atoms with Gasteiger partial charge in [-0.2, -0.15) is 0 Å². The lowest BCUT2D eigenvalue weighted by atomic mass is 9.93. The summed E-state index contributed by atoms with van der Waals surface area (Å²) in [4.78, 5) is 30.9. The van der Waals surface area contributed by atoms with Gasteiger partial charge in [-0.1, -0.05) is 272 Å². The molecule has 0 spiro atoms. The van der Waals surface area contributed by atoms with Crippen molar-refractivity contribution in [3.05, 3.63) is 318 Å². The molecule has 0 aliphatic carbocycles. The van der Waals surface area contributed by atoms with Gasteiger partial charge in [-0.05, 0) is 109 Å². The van der Waals surface area contributed by atoms with Crippen LogP contribution in [0.4, 0.5) is 0 Å². The lowest BCUT2D eigenvalue weighted by Crippen LogP contribution is -2.71. The van der Waals surface area contributed by atoms with E-state index < -0.39 is 114 Å². The van der Waals surface area contributed by atoms with E-state index in [1.54, 1.807) is 31.4 Å². The zero-order chi connectivity index (χ0) is 74.1. The van der Waals surface area contributed by atoms with Crippen LogP contribution in [0.1, 0.15) is 50.1 Å². The van der Waals surface area contributed by atoms with E-state index in [4.69, 9.17) is 71.1 Å². The zero-order valence-corrected chi connectivity index (χ0v) is 65.4. The van der Waals surface area contributed by atoms with Crippen LogP contribution in [0.25, 0.3) is 0 Å². The second-order valence-corrected chi connectivity index (χ2v) is 31.3. The Labute approximate surface area is 665 Å². The highest BCUT2D eigenvalue weighted by atomic mass is 127. The first kappa shape index (κ1) is 78.5. The topological polar surface area (TPSA) is 193 Å². The van der Waals surface area contributed by atoms with Crippen molar-refractivity contribution in [3.63, 3.8) is 0 Å². The van der Waals surface area contributed by atoms with Crippen LogP contribution in [-0.2, 0) is 138 Å². The first-order valence-corrected chi connectivity index (χ1v) is 40.4. The summed E-state index contributed by atoms with van der Waals surface area (Å²) in [6, 6.07) is 82.9. The molecule has 5 heterocycles. The third-order valence-corrected chi connectivity index (χ3v) is 23.6. The fourth-order valence-electron chi connectivity index (χ4n) is 14.1. The first-order valence-electron chi connectivity index (χ1n) is 36.3. The Hall–Kier alpha value is -6.16. The molecule has 14 rings (SSSR count). The van der Waals surface area contributed by atoms with Crippen molar-refractivity contribution in [3.8, 4) is 0 Å². The van der Waals surface area contributed by atoms with Crippen LogP contribution in [0.5, 0.6) is 0 Å². The van der Waals surface area contributed by atoms with Crippen LogP contribution in [0, 0.1) is 7.14 Å². The van der Waals surface area contributed by atoms with Gasteiger partial charge in [0.15, 0.2) is 18.9 Å². The van der Waals surface area contributed by atoms with Crippen LogP contribution in [0.15, 0.2) is 261 Å². The number of aryl methyl sites for hydroxylation is 2.